The molecule has 0 aliphatic heterocycles. The number of ketones is 1. The highest BCUT2D eigenvalue weighted by atomic mass is 16.3. The molecule has 0 saturated carbocycles. The molecule has 0 aromatic carbocycles. The van der Waals surface area contributed by atoms with Gasteiger partial charge in [-0.2, -0.15) is 0 Å². The van der Waals surface area contributed by atoms with E-state index < -0.39 is 0 Å². The van der Waals surface area contributed by atoms with Crippen molar-refractivity contribution in [3.63, 3.8) is 0 Å². The van der Waals surface area contributed by atoms with E-state index >= 15 is 0 Å². The quantitative estimate of drug-likeness (QED) is 0.540. The Bertz CT molecular complexity index is 86.3. The smallest absolute Gasteiger partial charge is 0.290 e. The fourth-order valence-electron chi connectivity index (χ4n) is 0. The molecule has 0 heterocycles. The maximum Gasteiger partial charge on any atom is 0.290 e. The lowest BCUT2D eigenvalue weighted by atomic mass is 10.1. The van der Waals surface area contributed by atoms with E-state index in [1.807, 2.05) is 13.8 Å². The van der Waals surface area contributed by atoms with Crippen LogP contribution in [0, 0.1) is 5.92 Å². The second-order valence-electron chi connectivity index (χ2n) is 1.87. The number of carbonyl (C=O) groups is 2. The molecule has 0 aromatic rings. The topological polar surface area (TPSA) is 54.4 Å². The molecule has 0 radical (unpaired) electrons. The van der Waals surface area contributed by atoms with Gasteiger partial charge in [-0.25, -0.2) is 0 Å². The van der Waals surface area contributed by atoms with Crippen molar-refractivity contribution in [3.8, 4) is 0 Å². The van der Waals surface area contributed by atoms with E-state index in [4.69, 9.17) is 9.90 Å². The summed E-state index contributed by atoms with van der Waals surface area (Å²) in [5, 5.41) is 6.89. The summed E-state index contributed by atoms with van der Waals surface area (Å²) in [5.41, 5.74) is 0. The summed E-state index contributed by atoms with van der Waals surface area (Å²) in [7, 11) is 0. The predicted octanol–water partition coefficient (Wildman–Crippen LogP) is 0.932. The maximum absolute atomic E-state index is 10.1. The molecule has 9 heavy (non-hydrogen) atoms. The highest BCUT2D eigenvalue weighted by Gasteiger charge is 1.94. The minimum Gasteiger partial charge on any atom is -0.483 e. The van der Waals surface area contributed by atoms with Gasteiger partial charge in [0.25, 0.3) is 6.47 Å². The Labute approximate surface area is 54.7 Å². The zero-order chi connectivity index (χ0) is 7.86. The Balaban J connectivity index is 0. The van der Waals surface area contributed by atoms with Crippen LogP contribution in [-0.4, -0.2) is 17.4 Å². The summed E-state index contributed by atoms with van der Waals surface area (Å²) >= 11 is 0. The van der Waals surface area contributed by atoms with Crippen LogP contribution in [0.2, 0.25) is 0 Å². The Hall–Kier alpha value is -0.860. The van der Waals surface area contributed by atoms with Gasteiger partial charge in [-0.05, 0) is 6.92 Å². The van der Waals surface area contributed by atoms with Crippen LogP contribution in [-0.2, 0) is 9.59 Å². The first-order valence-corrected chi connectivity index (χ1v) is 2.64. The molecule has 0 aliphatic rings. The van der Waals surface area contributed by atoms with Crippen molar-refractivity contribution in [2.24, 2.45) is 5.92 Å². The largest absolute Gasteiger partial charge is 0.483 e. The first kappa shape index (κ1) is 11.0. The zero-order valence-electron chi connectivity index (χ0n) is 5.92. The van der Waals surface area contributed by atoms with Crippen LogP contribution in [0.15, 0.2) is 0 Å². The van der Waals surface area contributed by atoms with Crippen molar-refractivity contribution in [2.75, 3.05) is 0 Å². The third kappa shape index (κ3) is 19.1. The first-order chi connectivity index (χ1) is 4.06. The molecular formula is C6H12O3. The summed E-state index contributed by atoms with van der Waals surface area (Å²) in [5.74, 6) is 0.472. The molecule has 0 atom stereocenters. The molecule has 0 unspecified atom stereocenters. The second kappa shape index (κ2) is 7.14. The van der Waals surface area contributed by atoms with Gasteiger partial charge >= 0.3 is 0 Å². The van der Waals surface area contributed by atoms with E-state index in [0.717, 1.165) is 0 Å². The van der Waals surface area contributed by atoms with Crippen molar-refractivity contribution in [3.05, 3.63) is 0 Å². The third-order valence-corrected chi connectivity index (χ3v) is 0.813. The first-order valence-electron chi connectivity index (χ1n) is 2.64. The van der Waals surface area contributed by atoms with E-state index in [1.54, 1.807) is 6.92 Å². The van der Waals surface area contributed by atoms with E-state index in [-0.39, 0.29) is 18.2 Å². The normalized spacial score (nSPS) is 7.56. The van der Waals surface area contributed by atoms with Crippen LogP contribution >= 0.6 is 0 Å². The van der Waals surface area contributed by atoms with Crippen molar-refractivity contribution < 1.29 is 14.7 Å². The predicted molar refractivity (Wildman–Crippen MR) is 34.2 cm³/mol. The van der Waals surface area contributed by atoms with Gasteiger partial charge in [-0.15, -0.1) is 0 Å². The lowest BCUT2D eigenvalue weighted by molar-refractivity contribution is -0.123. The summed E-state index contributed by atoms with van der Waals surface area (Å²) in [4.78, 5) is 18.5. The summed E-state index contributed by atoms with van der Waals surface area (Å²) < 4.78 is 0. The zero-order valence-corrected chi connectivity index (χ0v) is 5.92. The van der Waals surface area contributed by atoms with Gasteiger partial charge in [0.15, 0.2) is 0 Å². The third-order valence-electron chi connectivity index (χ3n) is 0.813. The Morgan fingerprint density at radius 2 is 1.67 bits per heavy atom. The average molecular weight is 132 g/mol. The molecule has 3 heteroatoms. The van der Waals surface area contributed by atoms with Crippen LogP contribution in [0.1, 0.15) is 20.8 Å². The van der Waals surface area contributed by atoms with Crippen LogP contribution in [0.4, 0.5) is 0 Å². The molecule has 0 amide bonds. The van der Waals surface area contributed by atoms with Gasteiger partial charge in [0.05, 0.1) is 0 Å². The van der Waals surface area contributed by atoms with Crippen LogP contribution in [0.3, 0.4) is 0 Å². The Morgan fingerprint density at radius 3 is 1.67 bits per heavy atom. The fraction of sp³-hybridized carbons (Fsp3) is 0.667. The molecule has 0 rings (SSSR count). The molecule has 1 N–H and O–H groups in total. The molecule has 0 aliphatic carbocycles. The summed E-state index contributed by atoms with van der Waals surface area (Å²) in [6.45, 7) is 5.13. The number of hydrogen-bond acceptors (Lipinski definition) is 2. The molecule has 0 spiro atoms. The monoisotopic (exact) mass is 132 g/mol. The second-order valence-corrected chi connectivity index (χ2v) is 1.87. The van der Waals surface area contributed by atoms with Gasteiger partial charge in [-0.1, -0.05) is 13.8 Å². The van der Waals surface area contributed by atoms with Gasteiger partial charge in [0.1, 0.15) is 5.78 Å². The lowest BCUT2D eigenvalue weighted by Crippen LogP contribution is -1.98. The Kier molecular flexibility index (Phi) is 8.73. The molecule has 0 saturated heterocycles. The average Bonchev–Trinajstić information content (AvgIpc) is 1.68. The fourth-order valence-corrected chi connectivity index (χ4v) is 0. The van der Waals surface area contributed by atoms with E-state index in [1.165, 1.54) is 0 Å². The SMILES string of the molecule is CC(=O)C(C)C.O=CO. The standard InChI is InChI=1S/C5H10O.CH2O2/c1-4(2)5(3)6;2-1-3/h4H,1-3H3;1H,(H,2,3). The number of Topliss-reactive ketones (excluding diaryl/α,β-unsaturated/α-hetero) is 1. The van der Waals surface area contributed by atoms with Gasteiger partial charge < -0.3 is 5.11 Å². The Morgan fingerprint density at radius 1 is 1.56 bits per heavy atom. The molecule has 0 bridgehead atoms. The van der Waals surface area contributed by atoms with Crippen molar-refractivity contribution >= 4 is 12.3 Å². The minimum absolute atomic E-state index is 0.213. The van der Waals surface area contributed by atoms with Gasteiger partial charge in [-0.3, -0.25) is 9.59 Å². The molecule has 54 valence electrons. The number of carboxylic acid groups (broad SMARTS) is 1. The van der Waals surface area contributed by atoms with Crippen molar-refractivity contribution in [1.82, 2.24) is 0 Å². The molecule has 0 aromatic heterocycles. The van der Waals surface area contributed by atoms with Crippen molar-refractivity contribution in [2.45, 2.75) is 20.8 Å². The van der Waals surface area contributed by atoms with E-state index in [9.17, 15) is 4.79 Å². The van der Waals surface area contributed by atoms with E-state index in [0.29, 0.717) is 0 Å². The number of rotatable bonds is 1. The van der Waals surface area contributed by atoms with Crippen molar-refractivity contribution in [1.29, 1.82) is 0 Å². The summed E-state index contributed by atoms with van der Waals surface area (Å²) in [6, 6.07) is 0. The minimum atomic E-state index is -0.250. The van der Waals surface area contributed by atoms with Crippen LogP contribution in [0.5, 0.6) is 0 Å². The van der Waals surface area contributed by atoms with Crippen LogP contribution < -0.4 is 0 Å². The van der Waals surface area contributed by atoms with Crippen LogP contribution in [0.25, 0.3) is 0 Å². The number of hydrogen-bond donors (Lipinski definition) is 1. The lowest BCUT2D eigenvalue weighted by Gasteiger charge is -1.90. The highest BCUT2D eigenvalue weighted by molar-refractivity contribution is 5.77. The van der Waals surface area contributed by atoms with E-state index in [2.05, 4.69) is 0 Å². The maximum atomic E-state index is 10.1. The molecule has 3 nitrogen and oxygen atoms in total. The summed E-state index contributed by atoms with van der Waals surface area (Å²) in [6.07, 6.45) is 0. The van der Waals surface area contributed by atoms with Gasteiger partial charge in [0, 0.05) is 5.92 Å². The number of carbonyl (C=O) groups excluding carboxylic acids is 1. The molecular weight excluding hydrogens is 120 g/mol. The molecule has 0 fully saturated rings. The highest BCUT2D eigenvalue weighted by Crippen LogP contribution is 1.89. The van der Waals surface area contributed by atoms with Gasteiger partial charge in [0.2, 0.25) is 0 Å².